The van der Waals surface area contributed by atoms with E-state index in [4.69, 9.17) is 5.73 Å². The summed E-state index contributed by atoms with van der Waals surface area (Å²) in [5.41, 5.74) is 7.88. The van der Waals surface area contributed by atoms with Crippen molar-refractivity contribution in [2.45, 2.75) is 6.54 Å². The molecule has 1 amide bonds. The second-order valence-electron chi connectivity index (χ2n) is 3.78. The van der Waals surface area contributed by atoms with Crippen LogP contribution in [0.5, 0.6) is 0 Å². The maximum atomic E-state index is 10.9. The van der Waals surface area contributed by atoms with E-state index in [0.717, 1.165) is 12.2 Å². The molecule has 3 heteroatoms. The molecule has 2 rings (SSSR count). The Bertz CT molecular complexity index is 491. The summed E-state index contributed by atoms with van der Waals surface area (Å²) in [4.78, 5) is 10.9. The fourth-order valence-corrected chi connectivity index (χ4v) is 1.55. The van der Waals surface area contributed by atoms with Crippen LogP contribution in [-0.4, -0.2) is 5.91 Å². The minimum atomic E-state index is -0.403. The van der Waals surface area contributed by atoms with Crippen molar-refractivity contribution in [1.29, 1.82) is 0 Å². The molecule has 2 aromatic rings. The van der Waals surface area contributed by atoms with Crippen LogP contribution in [0, 0.1) is 0 Å². The Kier molecular flexibility index (Phi) is 3.40. The van der Waals surface area contributed by atoms with Gasteiger partial charge in [-0.25, -0.2) is 0 Å². The number of carbonyl (C=O) groups is 1. The maximum Gasteiger partial charge on any atom is 0.248 e. The lowest BCUT2D eigenvalue weighted by Crippen LogP contribution is -2.10. The Morgan fingerprint density at radius 3 is 2.24 bits per heavy atom. The van der Waals surface area contributed by atoms with Crippen LogP contribution in [-0.2, 0) is 6.54 Å². The zero-order valence-electron chi connectivity index (χ0n) is 9.39. The van der Waals surface area contributed by atoms with Gasteiger partial charge >= 0.3 is 0 Å². The molecular formula is C14H14N2O. The van der Waals surface area contributed by atoms with Gasteiger partial charge in [-0.2, -0.15) is 0 Å². The van der Waals surface area contributed by atoms with Gasteiger partial charge in [-0.3, -0.25) is 4.79 Å². The van der Waals surface area contributed by atoms with Crippen molar-refractivity contribution in [2.75, 3.05) is 5.32 Å². The van der Waals surface area contributed by atoms with Crippen molar-refractivity contribution in [2.24, 2.45) is 5.73 Å². The van der Waals surface area contributed by atoms with Crippen molar-refractivity contribution >= 4 is 11.6 Å². The lowest BCUT2D eigenvalue weighted by Gasteiger charge is -2.06. The number of amides is 1. The molecule has 0 radical (unpaired) electrons. The molecule has 0 saturated carbocycles. The van der Waals surface area contributed by atoms with Gasteiger partial charge in [-0.1, -0.05) is 30.3 Å². The first-order valence-electron chi connectivity index (χ1n) is 5.43. The van der Waals surface area contributed by atoms with Gasteiger partial charge in [0.2, 0.25) is 5.91 Å². The molecule has 0 aromatic heterocycles. The Balaban J connectivity index is 1.98. The van der Waals surface area contributed by atoms with E-state index in [1.165, 1.54) is 5.56 Å². The smallest absolute Gasteiger partial charge is 0.248 e. The molecular weight excluding hydrogens is 212 g/mol. The number of benzene rings is 2. The highest BCUT2D eigenvalue weighted by Crippen LogP contribution is 2.10. The highest BCUT2D eigenvalue weighted by atomic mass is 16.1. The van der Waals surface area contributed by atoms with Crippen molar-refractivity contribution in [3.8, 4) is 0 Å². The molecule has 3 nitrogen and oxygen atoms in total. The number of hydrogen-bond donors (Lipinski definition) is 2. The SMILES string of the molecule is NC(=O)c1ccc(NCc2ccccc2)cc1. The van der Waals surface area contributed by atoms with E-state index < -0.39 is 5.91 Å². The molecule has 0 heterocycles. The lowest BCUT2D eigenvalue weighted by molar-refractivity contribution is 0.100. The maximum absolute atomic E-state index is 10.9. The molecule has 0 fully saturated rings. The third-order valence-electron chi connectivity index (χ3n) is 2.51. The summed E-state index contributed by atoms with van der Waals surface area (Å²) in [6, 6.07) is 17.3. The van der Waals surface area contributed by atoms with Gasteiger partial charge in [0.1, 0.15) is 0 Å². The normalized spacial score (nSPS) is 9.88. The summed E-state index contributed by atoms with van der Waals surface area (Å²) in [6.07, 6.45) is 0. The summed E-state index contributed by atoms with van der Waals surface area (Å²) >= 11 is 0. The van der Waals surface area contributed by atoms with Crippen LogP contribution in [0.1, 0.15) is 15.9 Å². The highest BCUT2D eigenvalue weighted by Gasteiger charge is 1.99. The fraction of sp³-hybridized carbons (Fsp3) is 0.0714. The molecule has 17 heavy (non-hydrogen) atoms. The molecule has 0 atom stereocenters. The predicted molar refractivity (Wildman–Crippen MR) is 68.7 cm³/mol. The Morgan fingerprint density at radius 1 is 1.00 bits per heavy atom. The van der Waals surface area contributed by atoms with Crippen molar-refractivity contribution < 1.29 is 4.79 Å². The Hall–Kier alpha value is -2.29. The van der Waals surface area contributed by atoms with E-state index in [1.807, 2.05) is 30.3 Å². The van der Waals surface area contributed by atoms with Gasteiger partial charge in [0, 0.05) is 17.8 Å². The molecule has 0 aliphatic rings. The molecule has 0 unspecified atom stereocenters. The average Bonchev–Trinajstić information content (AvgIpc) is 2.38. The van der Waals surface area contributed by atoms with Crippen LogP contribution in [0.2, 0.25) is 0 Å². The van der Waals surface area contributed by atoms with E-state index in [0.29, 0.717) is 5.56 Å². The number of primary amides is 1. The topological polar surface area (TPSA) is 55.1 Å². The minimum absolute atomic E-state index is 0.403. The fourth-order valence-electron chi connectivity index (χ4n) is 1.55. The van der Waals surface area contributed by atoms with Gasteiger partial charge < -0.3 is 11.1 Å². The van der Waals surface area contributed by atoms with Gasteiger partial charge in [0.15, 0.2) is 0 Å². The van der Waals surface area contributed by atoms with Crippen LogP contribution in [0.3, 0.4) is 0 Å². The van der Waals surface area contributed by atoms with Gasteiger partial charge in [0.05, 0.1) is 0 Å². The zero-order chi connectivity index (χ0) is 12.1. The van der Waals surface area contributed by atoms with Crippen molar-refractivity contribution in [3.05, 3.63) is 65.7 Å². The standard InChI is InChI=1S/C14H14N2O/c15-14(17)12-6-8-13(9-7-12)16-10-11-4-2-1-3-5-11/h1-9,16H,10H2,(H2,15,17). The number of rotatable bonds is 4. The first-order chi connectivity index (χ1) is 8.25. The van der Waals surface area contributed by atoms with Crippen LogP contribution < -0.4 is 11.1 Å². The highest BCUT2D eigenvalue weighted by molar-refractivity contribution is 5.93. The van der Waals surface area contributed by atoms with Gasteiger partial charge in [-0.15, -0.1) is 0 Å². The van der Waals surface area contributed by atoms with E-state index in [-0.39, 0.29) is 0 Å². The molecule has 2 aromatic carbocycles. The molecule has 0 aliphatic heterocycles. The van der Waals surface area contributed by atoms with Gasteiger partial charge in [-0.05, 0) is 29.8 Å². The lowest BCUT2D eigenvalue weighted by atomic mass is 10.2. The van der Waals surface area contributed by atoms with Crippen molar-refractivity contribution in [3.63, 3.8) is 0 Å². The summed E-state index contributed by atoms with van der Waals surface area (Å²) in [6.45, 7) is 0.761. The largest absolute Gasteiger partial charge is 0.381 e. The number of nitrogens with one attached hydrogen (secondary N) is 1. The molecule has 0 spiro atoms. The van der Waals surface area contributed by atoms with E-state index in [2.05, 4.69) is 17.4 Å². The van der Waals surface area contributed by atoms with Crippen LogP contribution >= 0.6 is 0 Å². The average molecular weight is 226 g/mol. The van der Waals surface area contributed by atoms with Gasteiger partial charge in [0.25, 0.3) is 0 Å². The third kappa shape index (κ3) is 3.08. The van der Waals surface area contributed by atoms with Crippen LogP contribution in [0.15, 0.2) is 54.6 Å². The summed E-state index contributed by atoms with van der Waals surface area (Å²) in [7, 11) is 0. The van der Waals surface area contributed by atoms with Crippen LogP contribution in [0.4, 0.5) is 5.69 Å². The molecule has 0 aliphatic carbocycles. The predicted octanol–water partition coefficient (Wildman–Crippen LogP) is 2.40. The van der Waals surface area contributed by atoms with E-state index in [1.54, 1.807) is 12.1 Å². The van der Waals surface area contributed by atoms with Crippen LogP contribution in [0.25, 0.3) is 0 Å². The number of anilines is 1. The minimum Gasteiger partial charge on any atom is -0.381 e. The second-order valence-corrected chi connectivity index (χ2v) is 3.78. The molecule has 3 N–H and O–H groups in total. The summed E-state index contributed by atoms with van der Waals surface area (Å²) < 4.78 is 0. The zero-order valence-corrected chi connectivity index (χ0v) is 9.39. The monoisotopic (exact) mass is 226 g/mol. The molecule has 86 valence electrons. The number of nitrogens with two attached hydrogens (primary N) is 1. The molecule has 0 bridgehead atoms. The Morgan fingerprint density at radius 2 is 1.65 bits per heavy atom. The van der Waals surface area contributed by atoms with E-state index in [9.17, 15) is 4.79 Å². The third-order valence-corrected chi connectivity index (χ3v) is 2.51. The number of hydrogen-bond acceptors (Lipinski definition) is 2. The number of carbonyl (C=O) groups excluding carboxylic acids is 1. The quantitative estimate of drug-likeness (QED) is 0.841. The summed E-state index contributed by atoms with van der Waals surface area (Å²) in [5.74, 6) is -0.403. The van der Waals surface area contributed by atoms with Crippen molar-refractivity contribution in [1.82, 2.24) is 0 Å². The Labute approximate surface area is 100 Å². The first kappa shape index (κ1) is 11.2. The molecule has 0 saturated heterocycles. The second kappa shape index (κ2) is 5.16. The summed E-state index contributed by atoms with van der Waals surface area (Å²) in [5, 5.41) is 3.27. The first-order valence-corrected chi connectivity index (χ1v) is 5.43. The van der Waals surface area contributed by atoms with E-state index >= 15 is 0 Å².